The van der Waals surface area contributed by atoms with Crippen molar-refractivity contribution in [2.24, 2.45) is 5.92 Å². The molecular formula is C23H24ClNO5. The Morgan fingerprint density at radius 1 is 1.10 bits per heavy atom. The van der Waals surface area contributed by atoms with E-state index < -0.39 is 18.0 Å². The van der Waals surface area contributed by atoms with E-state index in [4.69, 9.17) is 16.3 Å². The van der Waals surface area contributed by atoms with Gasteiger partial charge in [-0.2, -0.15) is 0 Å². The summed E-state index contributed by atoms with van der Waals surface area (Å²) >= 11 is 6.42. The second kappa shape index (κ2) is 8.40. The molecule has 1 aromatic heterocycles. The smallest absolute Gasteiger partial charge is 0.345 e. The summed E-state index contributed by atoms with van der Waals surface area (Å²) in [7, 11) is 0. The fraction of sp³-hybridized carbons (Fsp3) is 0.304. The maximum atomic E-state index is 11.5. The molecule has 7 heteroatoms. The Kier molecular flexibility index (Phi) is 6.08. The predicted octanol–water partition coefficient (Wildman–Crippen LogP) is 5.15. The first-order valence-corrected chi connectivity index (χ1v) is 9.98. The van der Waals surface area contributed by atoms with Crippen LogP contribution in [0, 0.1) is 19.8 Å². The number of carbonyl (C=O) groups is 2. The molecule has 1 heterocycles. The van der Waals surface area contributed by atoms with Crippen molar-refractivity contribution < 1.29 is 24.5 Å². The lowest BCUT2D eigenvalue weighted by Gasteiger charge is -2.19. The molecule has 30 heavy (non-hydrogen) atoms. The van der Waals surface area contributed by atoms with E-state index >= 15 is 0 Å². The fourth-order valence-corrected chi connectivity index (χ4v) is 3.70. The Hall–Kier alpha value is -2.99. The van der Waals surface area contributed by atoms with Gasteiger partial charge in [0.25, 0.3) is 0 Å². The van der Waals surface area contributed by atoms with Crippen molar-refractivity contribution in [2.45, 2.75) is 40.3 Å². The largest absolute Gasteiger partial charge is 0.478 e. The Morgan fingerprint density at radius 2 is 1.80 bits per heavy atom. The summed E-state index contributed by atoms with van der Waals surface area (Å²) in [6.45, 7) is 7.96. The van der Waals surface area contributed by atoms with Crippen molar-refractivity contribution in [1.82, 2.24) is 4.57 Å². The number of carboxylic acid groups (broad SMARTS) is 2. The lowest BCUT2D eigenvalue weighted by molar-refractivity contribution is -0.147. The number of aliphatic carboxylic acids is 1. The molecule has 0 aliphatic heterocycles. The molecule has 2 aromatic carbocycles. The topological polar surface area (TPSA) is 88.8 Å². The average Bonchev–Trinajstić information content (AvgIpc) is 2.92. The van der Waals surface area contributed by atoms with Crippen LogP contribution in [0.2, 0.25) is 5.02 Å². The Balaban J connectivity index is 2.00. The van der Waals surface area contributed by atoms with Gasteiger partial charge >= 0.3 is 11.9 Å². The molecule has 0 aliphatic carbocycles. The lowest BCUT2D eigenvalue weighted by Crippen LogP contribution is -2.32. The fourth-order valence-electron chi connectivity index (χ4n) is 3.52. The highest BCUT2D eigenvalue weighted by Gasteiger charge is 2.24. The Bertz CT molecular complexity index is 1130. The first-order valence-electron chi connectivity index (χ1n) is 9.60. The van der Waals surface area contributed by atoms with Crippen LogP contribution in [0.4, 0.5) is 0 Å². The second-order valence-electron chi connectivity index (χ2n) is 7.71. The summed E-state index contributed by atoms with van der Waals surface area (Å²) in [4.78, 5) is 22.8. The summed E-state index contributed by atoms with van der Waals surface area (Å²) in [6.07, 6.45) is -0.954. The molecular weight excluding hydrogens is 406 g/mol. The zero-order valence-corrected chi connectivity index (χ0v) is 18.0. The third kappa shape index (κ3) is 4.14. The minimum absolute atomic E-state index is 0.191. The molecule has 0 aliphatic rings. The molecule has 0 amide bonds. The molecule has 158 valence electrons. The minimum atomic E-state index is -1.02. The molecule has 0 saturated carbocycles. The van der Waals surface area contributed by atoms with Crippen LogP contribution in [0.5, 0.6) is 5.75 Å². The van der Waals surface area contributed by atoms with Gasteiger partial charge in [-0.25, -0.2) is 9.59 Å². The highest BCUT2D eigenvalue weighted by Crippen LogP contribution is 2.30. The van der Waals surface area contributed by atoms with Gasteiger partial charge in [0.15, 0.2) is 6.10 Å². The number of rotatable bonds is 7. The number of aromatic nitrogens is 1. The van der Waals surface area contributed by atoms with E-state index in [0.29, 0.717) is 17.3 Å². The number of halogens is 1. The first kappa shape index (κ1) is 21.7. The van der Waals surface area contributed by atoms with Crippen molar-refractivity contribution in [3.63, 3.8) is 0 Å². The number of nitrogens with zero attached hydrogens (tertiary/aromatic N) is 1. The number of benzene rings is 2. The van der Waals surface area contributed by atoms with Gasteiger partial charge in [-0.05, 0) is 61.4 Å². The van der Waals surface area contributed by atoms with E-state index in [1.165, 1.54) is 0 Å². The standard InChI is InChI=1S/C23H24ClNO5/c1-12(2)21(23(28)29)30-17-6-7-19(24)16(9-17)11-25-14(4)13(3)18-10-15(22(26)27)5-8-20(18)25/h5-10,12,21H,11H2,1-4H3,(H,26,27)(H,28,29)/t21-/m1/s1. The maximum Gasteiger partial charge on any atom is 0.345 e. The highest BCUT2D eigenvalue weighted by molar-refractivity contribution is 6.31. The quantitative estimate of drug-likeness (QED) is 0.542. The van der Waals surface area contributed by atoms with Gasteiger partial charge in [0.2, 0.25) is 0 Å². The first-order chi connectivity index (χ1) is 14.1. The van der Waals surface area contributed by atoms with Gasteiger partial charge in [0.05, 0.1) is 5.56 Å². The van der Waals surface area contributed by atoms with Crippen molar-refractivity contribution in [1.29, 1.82) is 0 Å². The molecule has 0 fully saturated rings. The van der Waals surface area contributed by atoms with Crippen LogP contribution in [-0.2, 0) is 11.3 Å². The van der Waals surface area contributed by atoms with Gasteiger partial charge in [-0.1, -0.05) is 25.4 Å². The molecule has 0 radical (unpaired) electrons. The van der Waals surface area contributed by atoms with Crippen molar-refractivity contribution in [2.75, 3.05) is 0 Å². The van der Waals surface area contributed by atoms with E-state index in [2.05, 4.69) is 4.57 Å². The number of ether oxygens (including phenoxy) is 1. The second-order valence-corrected chi connectivity index (χ2v) is 8.11. The van der Waals surface area contributed by atoms with E-state index in [1.54, 1.807) is 50.2 Å². The van der Waals surface area contributed by atoms with E-state index in [0.717, 1.165) is 27.7 Å². The number of hydrogen-bond acceptors (Lipinski definition) is 3. The van der Waals surface area contributed by atoms with E-state index in [-0.39, 0.29) is 11.5 Å². The Labute approximate surface area is 179 Å². The van der Waals surface area contributed by atoms with Crippen LogP contribution in [0.1, 0.15) is 41.0 Å². The van der Waals surface area contributed by atoms with Crippen LogP contribution in [0.15, 0.2) is 36.4 Å². The lowest BCUT2D eigenvalue weighted by atomic mass is 10.1. The van der Waals surface area contributed by atoms with E-state index in [1.807, 2.05) is 13.8 Å². The summed E-state index contributed by atoms with van der Waals surface area (Å²) in [5.41, 5.74) is 3.93. The minimum Gasteiger partial charge on any atom is -0.478 e. The third-order valence-electron chi connectivity index (χ3n) is 5.34. The van der Waals surface area contributed by atoms with E-state index in [9.17, 15) is 19.8 Å². The van der Waals surface area contributed by atoms with Crippen LogP contribution < -0.4 is 4.74 Å². The SMILES string of the molecule is Cc1c(C)n(Cc2cc(O[C@@H](C(=O)O)C(C)C)ccc2Cl)c2ccc(C(=O)O)cc12. The monoisotopic (exact) mass is 429 g/mol. The van der Waals surface area contributed by atoms with Crippen LogP contribution in [0.25, 0.3) is 10.9 Å². The third-order valence-corrected chi connectivity index (χ3v) is 5.71. The highest BCUT2D eigenvalue weighted by atomic mass is 35.5. The number of carboxylic acids is 2. The molecule has 2 N–H and O–H groups in total. The van der Waals surface area contributed by atoms with Crippen LogP contribution in [0.3, 0.4) is 0 Å². The van der Waals surface area contributed by atoms with Crippen molar-refractivity contribution in [3.05, 3.63) is 63.8 Å². The summed E-state index contributed by atoms with van der Waals surface area (Å²) in [5, 5.41) is 20.1. The summed E-state index contributed by atoms with van der Waals surface area (Å²) in [6, 6.07) is 10.2. The molecule has 0 spiro atoms. The van der Waals surface area contributed by atoms with Crippen molar-refractivity contribution in [3.8, 4) is 5.75 Å². The summed E-state index contributed by atoms with van der Waals surface area (Å²) in [5.74, 6) is -1.73. The normalized spacial score (nSPS) is 12.3. The van der Waals surface area contributed by atoms with Crippen molar-refractivity contribution >= 4 is 34.4 Å². The zero-order valence-electron chi connectivity index (χ0n) is 17.3. The number of aryl methyl sites for hydroxylation is 1. The van der Waals surface area contributed by atoms with Gasteiger partial charge in [0.1, 0.15) is 5.75 Å². The van der Waals surface area contributed by atoms with Gasteiger partial charge in [-0.3, -0.25) is 0 Å². The molecule has 0 unspecified atom stereocenters. The predicted molar refractivity (Wildman–Crippen MR) is 116 cm³/mol. The van der Waals surface area contributed by atoms with Crippen LogP contribution in [-0.4, -0.2) is 32.8 Å². The molecule has 1 atom stereocenters. The molecule has 3 rings (SSSR count). The number of fused-ring (bicyclic) bond motifs is 1. The number of hydrogen-bond donors (Lipinski definition) is 2. The molecule has 0 bridgehead atoms. The summed E-state index contributed by atoms with van der Waals surface area (Å²) < 4.78 is 7.77. The van der Waals surface area contributed by atoms with Gasteiger partial charge in [0, 0.05) is 34.1 Å². The van der Waals surface area contributed by atoms with Gasteiger partial charge in [-0.15, -0.1) is 0 Å². The Morgan fingerprint density at radius 3 is 2.40 bits per heavy atom. The zero-order chi connectivity index (χ0) is 22.2. The van der Waals surface area contributed by atoms with Gasteiger partial charge < -0.3 is 19.5 Å². The average molecular weight is 430 g/mol. The molecule has 0 saturated heterocycles. The maximum absolute atomic E-state index is 11.5. The van der Waals surface area contributed by atoms with Crippen LogP contribution >= 0.6 is 11.6 Å². The molecule has 3 aromatic rings. The number of aromatic carboxylic acids is 1. The molecule has 6 nitrogen and oxygen atoms in total.